The number of piperidine rings is 1. The molecule has 46 heavy (non-hydrogen) atoms. The first kappa shape index (κ1) is 34.1. The van der Waals surface area contributed by atoms with Crippen molar-refractivity contribution in [2.24, 2.45) is 5.73 Å². The molecule has 246 valence electrons. The van der Waals surface area contributed by atoms with Crippen molar-refractivity contribution in [2.75, 3.05) is 25.4 Å². The maximum atomic E-state index is 13.3. The van der Waals surface area contributed by atoms with Crippen molar-refractivity contribution in [3.05, 3.63) is 72.4 Å². The topological polar surface area (TPSA) is 204 Å². The van der Waals surface area contributed by atoms with Crippen LogP contribution in [0.1, 0.15) is 44.6 Å². The van der Waals surface area contributed by atoms with Crippen molar-refractivity contribution < 1.29 is 29.4 Å². The van der Waals surface area contributed by atoms with Crippen molar-refractivity contribution in [1.29, 1.82) is 0 Å². The molecule has 13 heteroatoms. The summed E-state index contributed by atoms with van der Waals surface area (Å²) in [7, 11) is 0. The fraction of sp³-hybridized carbons (Fsp3) is 0.424. The Balaban J connectivity index is 0.000000363. The van der Waals surface area contributed by atoms with Crippen LogP contribution in [0.5, 0.6) is 0 Å². The summed E-state index contributed by atoms with van der Waals surface area (Å²) < 4.78 is 0. The van der Waals surface area contributed by atoms with Gasteiger partial charge in [-0.05, 0) is 56.7 Å². The molecule has 4 atom stereocenters. The molecule has 3 aromatic rings. The van der Waals surface area contributed by atoms with E-state index in [4.69, 9.17) is 11.5 Å². The van der Waals surface area contributed by atoms with Crippen molar-refractivity contribution in [3.8, 4) is 0 Å². The number of anilines is 1. The molecule has 3 heterocycles. The summed E-state index contributed by atoms with van der Waals surface area (Å²) in [4.78, 5) is 57.5. The number of rotatable bonds is 8. The van der Waals surface area contributed by atoms with E-state index >= 15 is 0 Å². The van der Waals surface area contributed by atoms with Crippen LogP contribution in [0.15, 0.2) is 66.9 Å². The minimum Gasteiger partial charge on any atom is -0.480 e. The van der Waals surface area contributed by atoms with Gasteiger partial charge in [0.15, 0.2) is 0 Å². The van der Waals surface area contributed by atoms with E-state index < -0.39 is 41.6 Å². The van der Waals surface area contributed by atoms with Gasteiger partial charge in [0.05, 0.1) is 30.5 Å². The number of carbonyl (C=O) groups is 4. The van der Waals surface area contributed by atoms with Crippen molar-refractivity contribution >= 4 is 40.4 Å². The number of aryl methyl sites for hydroxylation is 1. The third-order valence-corrected chi connectivity index (χ3v) is 8.33. The van der Waals surface area contributed by atoms with Crippen LogP contribution in [0.3, 0.4) is 0 Å². The number of nitrogens with one attached hydrogen (secondary N) is 2. The largest absolute Gasteiger partial charge is 0.480 e. The fourth-order valence-corrected chi connectivity index (χ4v) is 5.89. The third-order valence-electron chi connectivity index (χ3n) is 8.33. The van der Waals surface area contributed by atoms with Crippen LogP contribution < -0.4 is 22.1 Å². The van der Waals surface area contributed by atoms with Gasteiger partial charge in [0.1, 0.15) is 17.8 Å². The molecule has 2 aliphatic heterocycles. The lowest BCUT2D eigenvalue weighted by atomic mass is 10.0. The first-order valence-corrected chi connectivity index (χ1v) is 15.5. The predicted molar refractivity (Wildman–Crippen MR) is 173 cm³/mol. The third kappa shape index (κ3) is 8.70. The van der Waals surface area contributed by atoms with Crippen molar-refractivity contribution in [3.63, 3.8) is 0 Å². The van der Waals surface area contributed by atoms with Gasteiger partial charge in [-0.25, -0.2) is 9.59 Å². The standard InChI is InChI=1S/C24H35N5O6.C9H8N2/c1-16-7-5-6-12-28(16)23(35)29-15-24(26-20(31)14-25,13-18(29)22(33)34)27-21(32)19(30)11-10-17-8-3-2-4-9-17;10-8-5-7-3-1-2-4-9(7)11-6-8/h2-4,8-9,16,18-19,30H,5-7,10-15,25H2,1H3,(H,26,31)(H,27,32)(H,33,34);1-6H,10H2/t16?,18-,19+,24?;/m0./s1. The molecular weight excluding hydrogens is 590 g/mol. The van der Waals surface area contributed by atoms with Crippen LogP contribution >= 0.6 is 0 Å². The van der Waals surface area contributed by atoms with Crippen LogP contribution in [0.4, 0.5) is 10.5 Å². The number of hydrogen-bond donors (Lipinski definition) is 6. The smallest absolute Gasteiger partial charge is 0.326 e. The molecule has 0 bridgehead atoms. The highest BCUT2D eigenvalue weighted by Gasteiger charge is 2.52. The molecule has 2 saturated heterocycles. The van der Waals surface area contributed by atoms with Gasteiger partial charge in [-0.1, -0.05) is 48.5 Å². The number of likely N-dealkylation sites (tertiary alicyclic amines) is 2. The first-order valence-electron chi connectivity index (χ1n) is 15.5. The van der Waals surface area contributed by atoms with Gasteiger partial charge in [-0.15, -0.1) is 0 Å². The number of para-hydroxylation sites is 1. The number of pyridine rings is 1. The summed E-state index contributed by atoms with van der Waals surface area (Å²) >= 11 is 0. The molecule has 1 aromatic heterocycles. The van der Waals surface area contributed by atoms with Gasteiger partial charge in [-0.2, -0.15) is 0 Å². The zero-order chi connectivity index (χ0) is 33.3. The molecule has 8 N–H and O–H groups in total. The van der Waals surface area contributed by atoms with Gasteiger partial charge in [-0.3, -0.25) is 14.6 Å². The second kappa shape index (κ2) is 15.5. The quantitative estimate of drug-likeness (QED) is 0.200. The van der Waals surface area contributed by atoms with Crippen LogP contribution in [-0.4, -0.2) is 92.3 Å². The number of fused-ring (bicyclic) bond motifs is 1. The number of nitrogens with two attached hydrogens (primary N) is 2. The summed E-state index contributed by atoms with van der Waals surface area (Å²) in [6.45, 7) is 1.78. The van der Waals surface area contributed by atoms with Crippen LogP contribution in [0.2, 0.25) is 0 Å². The molecule has 0 aliphatic carbocycles. The van der Waals surface area contributed by atoms with Crippen molar-refractivity contribution in [2.45, 2.75) is 69.3 Å². The second-order valence-corrected chi connectivity index (χ2v) is 11.8. The maximum absolute atomic E-state index is 13.3. The van der Waals surface area contributed by atoms with E-state index in [1.807, 2.05) is 67.6 Å². The number of carboxylic acids is 1. The van der Waals surface area contributed by atoms with E-state index in [1.165, 1.54) is 4.90 Å². The van der Waals surface area contributed by atoms with Crippen LogP contribution in [0.25, 0.3) is 10.9 Å². The second-order valence-electron chi connectivity index (χ2n) is 11.8. The molecule has 0 radical (unpaired) electrons. The minimum atomic E-state index is -1.57. The molecule has 5 rings (SSSR count). The van der Waals surface area contributed by atoms with E-state index in [1.54, 1.807) is 11.1 Å². The monoisotopic (exact) mass is 633 g/mol. The van der Waals surface area contributed by atoms with Crippen molar-refractivity contribution in [1.82, 2.24) is 25.4 Å². The van der Waals surface area contributed by atoms with Gasteiger partial charge in [0.25, 0.3) is 5.91 Å². The Morgan fingerprint density at radius 1 is 1.04 bits per heavy atom. The van der Waals surface area contributed by atoms with E-state index in [0.717, 1.165) is 35.7 Å². The lowest BCUT2D eigenvalue weighted by molar-refractivity contribution is -0.142. The Labute approximate surface area is 267 Å². The number of hydrogen-bond acceptors (Lipinski definition) is 8. The SMILES string of the molecule is CC1CCCCN1C(=O)N1CC(NC(=O)CN)(NC(=O)[C@H](O)CCc2ccccc2)C[C@H]1C(=O)O.Nc1cnc2ccccc2c1. The Bertz CT molecular complexity index is 1520. The van der Waals surface area contributed by atoms with Gasteiger partial charge in [0, 0.05) is 24.4 Å². The van der Waals surface area contributed by atoms with E-state index in [0.29, 0.717) is 18.7 Å². The average Bonchev–Trinajstić information content (AvgIpc) is 3.43. The molecule has 0 spiro atoms. The summed E-state index contributed by atoms with van der Waals surface area (Å²) in [5.41, 5.74) is 12.1. The molecule has 2 aliphatic rings. The highest BCUT2D eigenvalue weighted by molar-refractivity contribution is 5.87. The van der Waals surface area contributed by atoms with Gasteiger partial charge in [0.2, 0.25) is 5.91 Å². The van der Waals surface area contributed by atoms with E-state index in [9.17, 15) is 29.4 Å². The summed E-state index contributed by atoms with van der Waals surface area (Å²) in [5, 5.41) is 26.7. The molecule has 4 amide bonds. The Morgan fingerprint density at radius 2 is 1.76 bits per heavy atom. The molecule has 2 fully saturated rings. The maximum Gasteiger partial charge on any atom is 0.326 e. The number of aromatic nitrogens is 1. The molecule has 2 unspecified atom stereocenters. The lowest BCUT2D eigenvalue weighted by Crippen LogP contribution is -2.65. The predicted octanol–water partition coefficient (Wildman–Crippen LogP) is 1.84. The average molecular weight is 634 g/mol. The molecule has 0 saturated carbocycles. The number of aliphatic hydroxyl groups excluding tert-OH is 1. The Kier molecular flexibility index (Phi) is 11.5. The van der Waals surface area contributed by atoms with Gasteiger partial charge < -0.3 is 42.1 Å². The first-order chi connectivity index (χ1) is 22.0. The number of nitrogens with zero attached hydrogens (tertiary/aromatic N) is 3. The normalized spacial score (nSPS) is 21.5. The number of nitrogen functional groups attached to an aromatic ring is 1. The molecule has 2 aromatic carbocycles. The lowest BCUT2D eigenvalue weighted by Gasteiger charge is -2.38. The number of carboxylic acid groups (broad SMARTS) is 1. The summed E-state index contributed by atoms with van der Waals surface area (Å²) in [5.74, 6) is -2.62. The highest BCUT2D eigenvalue weighted by Crippen LogP contribution is 2.29. The van der Waals surface area contributed by atoms with Gasteiger partial charge >= 0.3 is 12.0 Å². The van der Waals surface area contributed by atoms with Crippen LogP contribution in [0, 0.1) is 0 Å². The number of amides is 4. The zero-order valence-electron chi connectivity index (χ0n) is 26.0. The van der Waals surface area contributed by atoms with E-state index in [2.05, 4.69) is 15.6 Å². The molecular formula is C33H43N7O6. The molecule has 13 nitrogen and oxygen atoms in total. The zero-order valence-corrected chi connectivity index (χ0v) is 26.0. The Morgan fingerprint density at radius 3 is 2.46 bits per heavy atom. The number of benzene rings is 2. The highest BCUT2D eigenvalue weighted by atomic mass is 16.4. The fourth-order valence-electron chi connectivity index (χ4n) is 5.89. The van der Waals surface area contributed by atoms with E-state index in [-0.39, 0.29) is 32.0 Å². The summed E-state index contributed by atoms with van der Waals surface area (Å²) in [6.07, 6.45) is 3.23. The number of aliphatic hydroxyl groups is 1. The van der Waals surface area contributed by atoms with Crippen LogP contribution in [-0.2, 0) is 20.8 Å². The Hall–Kier alpha value is -4.75. The summed E-state index contributed by atoms with van der Waals surface area (Å²) in [6, 6.07) is 17.4. The minimum absolute atomic E-state index is 0.0475. The number of urea groups is 1. The number of carbonyl (C=O) groups excluding carboxylic acids is 3. The number of aliphatic carboxylic acids is 1.